The lowest BCUT2D eigenvalue weighted by atomic mass is 9.93. The van der Waals surface area contributed by atoms with Crippen LogP contribution in [0.15, 0.2) is 42.5 Å². The average Bonchev–Trinajstić information content (AvgIpc) is 3.07. The molecule has 3 atom stereocenters. The van der Waals surface area contributed by atoms with Crippen LogP contribution in [0.4, 0.5) is 0 Å². The quantitative estimate of drug-likeness (QED) is 0.298. The van der Waals surface area contributed by atoms with E-state index in [-0.39, 0.29) is 43.1 Å². The van der Waals surface area contributed by atoms with Crippen LogP contribution in [0.5, 0.6) is 5.75 Å². The lowest BCUT2D eigenvalue weighted by Crippen LogP contribution is -2.20. The van der Waals surface area contributed by atoms with Crippen LogP contribution in [0, 0.1) is 5.92 Å². The largest absolute Gasteiger partial charge is 0.491 e. The number of aliphatic hydroxyl groups is 1. The van der Waals surface area contributed by atoms with Gasteiger partial charge < -0.3 is 19.3 Å². The zero-order valence-corrected chi connectivity index (χ0v) is 18.0. The Kier molecular flexibility index (Phi) is 10.6. The smallest absolute Gasteiger partial charge is 0.306 e. The summed E-state index contributed by atoms with van der Waals surface area (Å²) in [5, 5.41) is 10.1. The van der Waals surface area contributed by atoms with E-state index < -0.39 is 6.10 Å². The van der Waals surface area contributed by atoms with Gasteiger partial charge in [0.25, 0.3) is 0 Å². The fraction of sp³-hybridized carbons (Fsp3) is 0.583. The van der Waals surface area contributed by atoms with E-state index in [9.17, 15) is 14.7 Å². The molecule has 2 rings (SSSR count). The predicted octanol–water partition coefficient (Wildman–Crippen LogP) is 3.86. The molecule has 0 aromatic heterocycles. The Bertz CT molecular complexity index is 670. The average molecular weight is 419 g/mol. The highest BCUT2D eigenvalue weighted by molar-refractivity contribution is 5.84. The Labute approximate surface area is 179 Å². The topological polar surface area (TPSA) is 82.1 Å². The third-order valence-corrected chi connectivity index (χ3v) is 4.93. The van der Waals surface area contributed by atoms with Crippen molar-refractivity contribution in [3.05, 3.63) is 42.5 Å². The van der Waals surface area contributed by atoms with Crippen molar-refractivity contribution in [1.29, 1.82) is 0 Å². The molecule has 0 spiro atoms. The molecular formula is C24H34O6. The fourth-order valence-corrected chi connectivity index (χ4v) is 3.40. The highest BCUT2D eigenvalue weighted by atomic mass is 16.5. The molecule has 0 saturated carbocycles. The molecule has 0 unspecified atom stereocenters. The molecule has 1 heterocycles. The van der Waals surface area contributed by atoms with E-state index in [1.54, 1.807) is 12.2 Å². The summed E-state index contributed by atoms with van der Waals surface area (Å²) in [7, 11) is 0. The third-order valence-electron chi connectivity index (χ3n) is 4.93. The Balaban J connectivity index is 1.65. The van der Waals surface area contributed by atoms with Gasteiger partial charge in [-0.15, -0.1) is 0 Å². The Morgan fingerprint density at radius 2 is 1.93 bits per heavy atom. The first-order valence-corrected chi connectivity index (χ1v) is 10.8. The van der Waals surface area contributed by atoms with Gasteiger partial charge in [0.2, 0.25) is 0 Å². The van der Waals surface area contributed by atoms with E-state index in [0.29, 0.717) is 12.2 Å². The lowest BCUT2D eigenvalue weighted by molar-refractivity contribution is -0.147. The summed E-state index contributed by atoms with van der Waals surface area (Å²) in [4.78, 5) is 23.7. The number of esters is 1. The molecule has 1 aromatic carbocycles. The van der Waals surface area contributed by atoms with Gasteiger partial charge in [0.05, 0.1) is 12.2 Å². The maximum Gasteiger partial charge on any atom is 0.306 e. The van der Waals surface area contributed by atoms with Crippen molar-refractivity contribution in [2.75, 3.05) is 13.2 Å². The molecule has 1 saturated heterocycles. The molecule has 6 heteroatoms. The van der Waals surface area contributed by atoms with Gasteiger partial charge in [-0.1, -0.05) is 49.6 Å². The Morgan fingerprint density at radius 1 is 1.20 bits per heavy atom. The molecule has 0 radical (unpaired) electrons. The predicted molar refractivity (Wildman–Crippen MR) is 114 cm³/mol. The van der Waals surface area contributed by atoms with Gasteiger partial charge >= 0.3 is 5.97 Å². The second kappa shape index (κ2) is 13.2. The van der Waals surface area contributed by atoms with E-state index in [2.05, 4.69) is 0 Å². The highest BCUT2D eigenvalue weighted by Gasteiger charge is 2.33. The minimum absolute atomic E-state index is 0.0701. The Morgan fingerprint density at radius 3 is 2.67 bits per heavy atom. The molecule has 30 heavy (non-hydrogen) atoms. The summed E-state index contributed by atoms with van der Waals surface area (Å²) in [5.41, 5.74) is 0. The van der Waals surface area contributed by atoms with Crippen LogP contribution in [0.25, 0.3) is 0 Å². The van der Waals surface area contributed by atoms with Gasteiger partial charge in [-0.2, -0.15) is 0 Å². The zero-order valence-electron chi connectivity index (χ0n) is 18.0. The van der Waals surface area contributed by atoms with Crippen LogP contribution in [-0.4, -0.2) is 48.4 Å². The van der Waals surface area contributed by atoms with Crippen molar-refractivity contribution in [3.63, 3.8) is 0 Å². The molecule has 0 amide bonds. The number of ketones is 1. The Hall–Kier alpha value is -2.18. The standard InChI is InChI=1S/C24H34O6/c1-18(2)30-24(27)13-9-4-3-8-12-21-22(26)17-29-23(21)15-14-19(25)16-28-20-10-6-5-7-11-20/h5-7,10-11,14-15,18-19,21,23,25H,3-4,8-9,12-13,16-17H2,1-2H3/t19-,21-,23+/m0/s1. The number of hydrogen-bond acceptors (Lipinski definition) is 6. The van der Waals surface area contributed by atoms with Gasteiger partial charge in [0.1, 0.15) is 25.1 Å². The molecule has 1 aromatic rings. The molecule has 1 aliphatic heterocycles. The van der Waals surface area contributed by atoms with Crippen LogP contribution in [0.1, 0.15) is 52.4 Å². The minimum atomic E-state index is -0.768. The number of unbranched alkanes of at least 4 members (excludes halogenated alkanes) is 3. The van der Waals surface area contributed by atoms with Crippen LogP contribution in [0.3, 0.4) is 0 Å². The summed E-state index contributed by atoms with van der Waals surface area (Å²) in [6.45, 7) is 3.96. The van der Waals surface area contributed by atoms with Crippen LogP contribution < -0.4 is 4.74 Å². The number of Topliss-reactive ketones (excluding diaryl/α,β-unsaturated/α-hetero) is 1. The van der Waals surface area contributed by atoms with Crippen LogP contribution in [-0.2, 0) is 19.1 Å². The van der Waals surface area contributed by atoms with Gasteiger partial charge in [0.15, 0.2) is 5.78 Å². The van der Waals surface area contributed by atoms with Gasteiger partial charge in [-0.25, -0.2) is 0 Å². The van der Waals surface area contributed by atoms with E-state index in [1.807, 2.05) is 44.2 Å². The summed E-state index contributed by atoms with van der Waals surface area (Å²) in [6, 6.07) is 9.31. The second-order valence-electron chi connectivity index (χ2n) is 7.92. The molecule has 166 valence electrons. The summed E-state index contributed by atoms with van der Waals surface area (Å²) >= 11 is 0. The maximum absolute atomic E-state index is 12.1. The summed E-state index contributed by atoms with van der Waals surface area (Å²) < 4.78 is 16.2. The first-order valence-electron chi connectivity index (χ1n) is 10.8. The molecule has 0 aliphatic carbocycles. The van der Waals surface area contributed by atoms with E-state index in [1.165, 1.54) is 0 Å². The van der Waals surface area contributed by atoms with Crippen molar-refractivity contribution in [2.24, 2.45) is 5.92 Å². The summed E-state index contributed by atoms with van der Waals surface area (Å²) in [6.07, 6.45) is 7.07. The number of hydrogen-bond donors (Lipinski definition) is 1. The lowest BCUT2D eigenvalue weighted by Gasteiger charge is -2.15. The molecule has 6 nitrogen and oxygen atoms in total. The van der Waals surface area contributed by atoms with Crippen molar-refractivity contribution in [3.8, 4) is 5.75 Å². The van der Waals surface area contributed by atoms with Crippen LogP contribution in [0.2, 0.25) is 0 Å². The number of carbonyl (C=O) groups excluding carboxylic acids is 2. The highest BCUT2D eigenvalue weighted by Crippen LogP contribution is 2.25. The van der Waals surface area contributed by atoms with Crippen molar-refractivity contribution in [2.45, 2.75) is 70.7 Å². The van der Waals surface area contributed by atoms with E-state index in [0.717, 1.165) is 32.1 Å². The number of ether oxygens (including phenoxy) is 3. The fourth-order valence-electron chi connectivity index (χ4n) is 3.40. The minimum Gasteiger partial charge on any atom is -0.491 e. The van der Waals surface area contributed by atoms with Gasteiger partial charge in [-0.3, -0.25) is 9.59 Å². The second-order valence-corrected chi connectivity index (χ2v) is 7.92. The van der Waals surface area contributed by atoms with Gasteiger partial charge in [-0.05, 0) is 38.8 Å². The first kappa shape index (κ1) is 24.1. The van der Waals surface area contributed by atoms with E-state index in [4.69, 9.17) is 14.2 Å². The molecular weight excluding hydrogens is 384 g/mol. The number of rotatable bonds is 13. The third kappa shape index (κ3) is 9.09. The monoisotopic (exact) mass is 418 g/mol. The van der Waals surface area contributed by atoms with Crippen LogP contribution >= 0.6 is 0 Å². The first-order chi connectivity index (χ1) is 14.5. The normalized spacial score (nSPS) is 20.1. The van der Waals surface area contributed by atoms with Crippen molar-refractivity contribution < 1.29 is 28.9 Å². The van der Waals surface area contributed by atoms with Crippen molar-refractivity contribution >= 4 is 11.8 Å². The molecule has 1 N–H and O–H groups in total. The molecule has 1 aliphatic rings. The van der Waals surface area contributed by atoms with Crippen molar-refractivity contribution in [1.82, 2.24) is 0 Å². The number of aliphatic hydroxyl groups excluding tert-OH is 1. The zero-order chi connectivity index (χ0) is 21.8. The molecule has 1 fully saturated rings. The molecule has 0 bridgehead atoms. The number of para-hydroxylation sites is 1. The number of benzene rings is 1. The SMILES string of the molecule is CC(C)OC(=O)CCCCCC[C@H]1C(=O)CO[C@@H]1C=C[C@H](O)COc1ccccc1. The summed E-state index contributed by atoms with van der Waals surface area (Å²) in [5.74, 6) is 0.492. The maximum atomic E-state index is 12.1. The van der Waals surface area contributed by atoms with Gasteiger partial charge in [0, 0.05) is 12.3 Å². The number of carbonyl (C=O) groups is 2. The van der Waals surface area contributed by atoms with E-state index >= 15 is 0 Å².